The van der Waals surface area contributed by atoms with E-state index in [1.165, 1.54) is 6.26 Å². The fraction of sp³-hybridized carbons (Fsp3) is 0.0588. The van der Waals surface area contributed by atoms with Crippen LogP contribution in [0.4, 0.5) is 5.69 Å². The molecule has 0 atom stereocenters. The molecule has 4 heteroatoms. The third-order valence-corrected chi connectivity index (χ3v) is 2.97. The predicted molar refractivity (Wildman–Crippen MR) is 80.7 cm³/mol. The molecule has 0 aliphatic heterocycles. The number of carbonyl (C=O) groups is 1. The van der Waals surface area contributed by atoms with Crippen molar-refractivity contribution in [2.24, 2.45) is 0 Å². The molecule has 1 heterocycles. The zero-order valence-electron chi connectivity index (χ0n) is 11.3. The third-order valence-electron chi connectivity index (χ3n) is 2.97. The number of carbonyl (C=O) groups excluding carboxylic acids is 1. The minimum absolute atomic E-state index is 0.117. The molecule has 3 rings (SSSR count). The first-order valence-electron chi connectivity index (χ1n) is 6.66. The first-order chi connectivity index (χ1) is 10.3. The number of hydrogen-bond acceptors (Lipinski definition) is 3. The summed E-state index contributed by atoms with van der Waals surface area (Å²) in [6.07, 6.45) is 1.71. The van der Waals surface area contributed by atoms with Gasteiger partial charge in [0.15, 0.2) is 0 Å². The molecule has 0 aliphatic rings. The fourth-order valence-corrected chi connectivity index (χ4v) is 1.99. The largest absolute Gasteiger partial charge is 0.444 e. The standard InChI is InChI=1S/C17H14N2O2/c20-16(18-14-9-5-2-6-10-14)11-15-12-21-17(19-15)13-7-3-1-4-8-13/h1-10,12H,11H2,(H,18,20). The molecule has 4 nitrogen and oxygen atoms in total. The van der Waals surface area contributed by atoms with Crippen molar-refractivity contribution in [2.45, 2.75) is 6.42 Å². The third kappa shape index (κ3) is 3.36. The summed E-state index contributed by atoms with van der Waals surface area (Å²) in [5.41, 5.74) is 2.28. The fourth-order valence-electron chi connectivity index (χ4n) is 1.99. The first-order valence-corrected chi connectivity index (χ1v) is 6.66. The van der Waals surface area contributed by atoms with Crippen LogP contribution in [0.3, 0.4) is 0 Å². The molecule has 21 heavy (non-hydrogen) atoms. The average Bonchev–Trinajstić information content (AvgIpc) is 2.97. The zero-order valence-corrected chi connectivity index (χ0v) is 11.3. The van der Waals surface area contributed by atoms with Gasteiger partial charge in [-0.1, -0.05) is 36.4 Å². The van der Waals surface area contributed by atoms with Crippen molar-refractivity contribution >= 4 is 11.6 Å². The van der Waals surface area contributed by atoms with Crippen molar-refractivity contribution in [2.75, 3.05) is 5.32 Å². The minimum atomic E-state index is -0.117. The van der Waals surface area contributed by atoms with Gasteiger partial charge in [0.1, 0.15) is 6.26 Å². The molecular formula is C17H14N2O2. The van der Waals surface area contributed by atoms with Crippen LogP contribution in [-0.2, 0) is 11.2 Å². The predicted octanol–water partition coefficient (Wildman–Crippen LogP) is 3.52. The lowest BCUT2D eigenvalue weighted by Gasteiger charge is -2.02. The van der Waals surface area contributed by atoms with E-state index in [0.29, 0.717) is 11.6 Å². The Morgan fingerprint density at radius 3 is 2.38 bits per heavy atom. The number of aromatic nitrogens is 1. The van der Waals surface area contributed by atoms with Crippen LogP contribution in [0.1, 0.15) is 5.69 Å². The van der Waals surface area contributed by atoms with Gasteiger partial charge in [-0.2, -0.15) is 0 Å². The highest BCUT2D eigenvalue weighted by molar-refractivity contribution is 5.91. The quantitative estimate of drug-likeness (QED) is 0.794. The van der Waals surface area contributed by atoms with Gasteiger partial charge in [0, 0.05) is 11.3 Å². The molecular weight excluding hydrogens is 264 g/mol. The normalized spacial score (nSPS) is 10.3. The van der Waals surface area contributed by atoms with E-state index in [0.717, 1.165) is 11.3 Å². The van der Waals surface area contributed by atoms with Gasteiger partial charge in [-0.15, -0.1) is 0 Å². The molecule has 0 radical (unpaired) electrons. The summed E-state index contributed by atoms with van der Waals surface area (Å²) < 4.78 is 5.41. The van der Waals surface area contributed by atoms with Gasteiger partial charge < -0.3 is 9.73 Å². The molecule has 0 fully saturated rings. The maximum Gasteiger partial charge on any atom is 0.230 e. The van der Waals surface area contributed by atoms with Gasteiger partial charge >= 0.3 is 0 Å². The van der Waals surface area contributed by atoms with Crippen molar-refractivity contribution in [1.82, 2.24) is 4.98 Å². The van der Waals surface area contributed by atoms with Gasteiger partial charge in [0.05, 0.1) is 12.1 Å². The number of amides is 1. The molecule has 0 bridgehead atoms. The Morgan fingerprint density at radius 2 is 1.67 bits per heavy atom. The van der Waals surface area contributed by atoms with E-state index in [1.54, 1.807) is 0 Å². The molecule has 0 saturated heterocycles. The van der Waals surface area contributed by atoms with Gasteiger partial charge in [-0.3, -0.25) is 4.79 Å². The van der Waals surface area contributed by atoms with Gasteiger partial charge in [-0.05, 0) is 24.3 Å². The maximum absolute atomic E-state index is 11.9. The Balaban J connectivity index is 1.66. The number of anilines is 1. The lowest BCUT2D eigenvalue weighted by Crippen LogP contribution is -2.14. The molecule has 1 amide bonds. The second-order valence-corrected chi connectivity index (χ2v) is 4.60. The van der Waals surface area contributed by atoms with Crippen molar-refractivity contribution in [3.63, 3.8) is 0 Å². The van der Waals surface area contributed by atoms with E-state index < -0.39 is 0 Å². The summed E-state index contributed by atoms with van der Waals surface area (Å²) in [6, 6.07) is 18.9. The molecule has 1 N–H and O–H groups in total. The van der Waals surface area contributed by atoms with Crippen molar-refractivity contribution in [3.05, 3.63) is 72.6 Å². The maximum atomic E-state index is 11.9. The highest BCUT2D eigenvalue weighted by Crippen LogP contribution is 2.18. The van der Waals surface area contributed by atoms with Crippen molar-refractivity contribution < 1.29 is 9.21 Å². The number of rotatable bonds is 4. The molecule has 104 valence electrons. The average molecular weight is 278 g/mol. The molecule has 0 saturated carbocycles. The second-order valence-electron chi connectivity index (χ2n) is 4.60. The molecule has 2 aromatic carbocycles. The zero-order chi connectivity index (χ0) is 14.5. The minimum Gasteiger partial charge on any atom is -0.444 e. The summed E-state index contributed by atoms with van der Waals surface area (Å²) in [6.45, 7) is 0. The summed E-state index contributed by atoms with van der Waals surface area (Å²) in [5, 5.41) is 2.82. The van der Waals surface area contributed by atoms with E-state index in [9.17, 15) is 4.79 Å². The van der Waals surface area contributed by atoms with Crippen LogP contribution in [0.2, 0.25) is 0 Å². The summed E-state index contributed by atoms with van der Waals surface area (Å²) in [7, 11) is 0. The topological polar surface area (TPSA) is 55.1 Å². The summed E-state index contributed by atoms with van der Waals surface area (Å²) >= 11 is 0. The van der Waals surface area contributed by atoms with E-state index >= 15 is 0 Å². The van der Waals surface area contributed by atoms with Crippen LogP contribution in [0.5, 0.6) is 0 Å². The molecule has 1 aromatic heterocycles. The highest BCUT2D eigenvalue weighted by atomic mass is 16.3. The van der Waals surface area contributed by atoms with E-state index in [4.69, 9.17) is 4.42 Å². The van der Waals surface area contributed by atoms with E-state index in [-0.39, 0.29) is 12.3 Å². The molecule has 3 aromatic rings. The molecule has 0 unspecified atom stereocenters. The number of nitrogens with zero attached hydrogens (tertiary/aromatic N) is 1. The first kappa shape index (κ1) is 13.1. The van der Waals surface area contributed by atoms with Crippen LogP contribution < -0.4 is 5.32 Å². The molecule has 0 aliphatic carbocycles. The Hall–Kier alpha value is -2.88. The SMILES string of the molecule is O=C(Cc1coc(-c2ccccc2)n1)Nc1ccccc1. The number of para-hydroxylation sites is 1. The smallest absolute Gasteiger partial charge is 0.230 e. The van der Waals surface area contributed by atoms with Crippen LogP contribution in [0, 0.1) is 0 Å². The monoisotopic (exact) mass is 278 g/mol. The van der Waals surface area contributed by atoms with E-state index in [2.05, 4.69) is 10.3 Å². The lowest BCUT2D eigenvalue weighted by atomic mass is 10.2. The van der Waals surface area contributed by atoms with Gasteiger partial charge in [0.25, 0.3) is 0 Å². The van der Waals surface area contributed by atoms with Crippen LogP contribution in [0.25, 0.3) is 11.5 Å². The Labute approximate surface area is 122 Å². The summed E-state index contributed by atoms with van der Waals surface area (Å²) in [5.74, 6) is 0.409. The number of oxazole rings is 1. The Morgan fingerprint density at radius 1 is 1.00 bits per heavy atom. The Kier molecular flexibility index (Phi) is 3.78. The number of nitrogens with one attached hydrogen (secondary N) is 1. The van der Waals surface area contributed by atoms with Crippen LogP contribution in [-0.4, -0.2) is 10.9 Å². The van der Waals surface area contributed by atoms with E-state index in [1.807, 2.05) is 60.7 Å². The Bertz CT molecular complexity index is 721. The number of hydrogen-bond donors (Lipinski definition) is 1. The van der Waals surface area contributed by atoms with Crippen molar-refractivity contribution in [1.29, 1.82) is 0 Å². The van der Waals surface area contributed by atoms with Gasteiger partial charge in [-0.25, -0.2) is 4.98 Å². The number of benzene rings is 2. The lowest BCUT2D eigenvalue weighted by molar-refractivity contribution is -0.115. The summed E-state index contributed by atoms with van der Waals surface area (Å²) in [4.78, 5) is 16.3. The second kappa shape index (κ2) is 6.05. The highest BCUT2D eigenvalue weighted by Gasteiger charge is 2.10. The molecule has 0 spiro atoms. The van der Waals surface area contributed by atoms with Crippen LogP contribution in [0.15, 0.2) is 71.3 Å². The van der Waals surface area contributed by atoms with Crippen molar-refractivity contribution in [3.8, 4) is 11.5 Å². The van der Waals surface area contributed by atoms with Crippen LogP contribution >= 0.6 is 0 Å². The van der Waals surface area contributed by atoms with Gasteiger partial charge in [0.2, 0.25) is 11.8 Å².